The third-order valence-electron chi connectivity index (χ3n) is 5.67. The fraction of sp³-hybridized carbons (Fsp3) is 0.600. The van der Waals surface area contributed by atoms with Crippen molar-refractivity contribution in [3.8, 4) is 0 Å². The Morgan fingerprint density at radius 3 is 2.66 bits per heavy atom. The van der Waals surface area contributed by atoms with Gasteiger partial charge in [-0.3, -0.25) is 4.68 Å². The van der Waals surface area contributed by atoms with E-state index in [0.29, 0.717) is 18.9 Å². The largest absolute Gasteiger partial charge is 0.394 e. The molecule has 1 aromatic heterocycles. The lowest BCUT2D eigenvalue weighted by atomic mass is 9.98. The zero-order chi connectivity index (χ0) is 20.4. The van der Waals surface area contributed by atoms with Crippen molar-refractivity contribution in [1.29, 1.82) is 0 Å². The molecule has 0 bridgehead atoms. The summed E-state index contributed by atoms with van der Waals surface area (Å²) in [5, 5.41) is 18.1. The molecule has 0 amide bonds. The first kappa shape index (κ1) is 20.5. The molecule has 2 N–H and O–H groups in total. The second kappa shape index (κ2) is 8.51. The number of aryl methyl sites for hydroxylation is 2. The average Bonchev–Trinajstić information content (AvgIpc) is 3.45. The van der Waals surface area contributed by atoms with Gasteiger partial charge in [0, 0.05) is 18.7 Å². The zero-order valence-corrected chi connectivity index (χ0v) is 17.4. The summed E-state index contributed by atoms with van der Waals surface area (Å²) in [6, 6.07) is 6.27. The number of rotatable bonds is 8. The van der Waals surface area contributed by atoms with Crippen LogP contribution in [0.25, 0.3) is 0 Å². The van der Waals surface area contributed by atoms with Crippen LogP contribution >= 0.6 is 0 Å². The molecule has 2 heterocycles. The molecule has 1 aliphatic carbocycles. The van der Waals surface area contributed by atoms with E-state index in [2.05, 4.69) is 15.0 Å². The molecule has 3 atom stereocenters. The Kier molecular flexibility index (Phi) is 6.00. The van der Waals surface area contributed by atoms with Crippen LogP contribution in [0.3, 0.4) is 0 Å². The Morgan fingerprint density at radius 1 is 1.21 bits per heavy atom. The normalized spacial score (nSPS) is 25.2. The maximum atomic E-state index is 12.7. The summed E-state index contributed by atoms with van der Waals surface area (Å²) in [5.41, 5.74) is 2.06. The van der Waals surface area contributed by atoms with Crippen LogP contribution in [0.2, 0.25) is 0 Å². The number of nitrogens with zero attached hydrogens (tertiary/aromatic N) is 3. The van der Waals surface area contributed by atoms with Gasteiger partial charge in [-0.25, -0.2) is 13.1 Å². The number of hydrogen-bond acceptors (Lipinski definition) is 6. The van der Waals surface area contributed by atoms with Gasteiger partial charge in [-0.1, -0.05) is 22.9 Å². The van der Waals surface area contributed by atoms with Gasteiger partial charge in [0.2, 0.25) is 10.0 Å². The summed E-state index contributed by atoms with van der Waals surface area (Å²) in [4.78, 5) is 0.222. The van der Waals surface area contributed by atoms with Crippen LogP contribution in [0, 0.1) is 6.92 Å². The highest BCUT2D eigenvalue weighted by Gasteiger charge is 2.34. The van der Waals surface area contributed by atoms with Gasteiger partial charge in [0.1, 0.15) is 0 Å². The van der Waals surface area contributed by atoms with E-state index < -0.39 is 22.2 Å². The molecule has 4 rings (SSSR count). The molecule has 1 aliphatic heterocycles. The summed E-state index contributed by atoms with van der Waals surface area (Å²) >= 11 is 0. The van der Waals surface area contributed by atoms with E-state index in [0.717, 1.165) is 24.1 Å². The second-order valence-electron chi connectivity index (χ2n) is 8.07. The lowest BCUT2D eigenvalue weighted by Crippen LogP contribution is -2.50. The Labute approximate surface area is 171 Å². The van der Waals surface area contributed by atoms with Gasteiger partial charge in [-0.05, 0) is 51.2 Å². The topological polar surface area (TPSA) is 106 Å². The van der Waals surface area contributed by atoms with Crippen LogP contribution in [0.4, 0.5) is 0 Å². The van der Waals surface area contributed by atoms with Gasteiger partial charge in [-0.15, -0.1) is 5.10 Å². The SMILES string of the molecule is Cc1ccc(S(=O)(=O)N[C@H]2CC[C@@H](CCn3cc(C4CC4)nn3)O[C@H]2CO)cc1. The minimum Gasteiger partial charge on any atom is -0.394 e. The first-order valence-corrected chi connectivity index (χ1v) is 11.7. The van der Waals surface area contributed by atoms with Gasteiger partial charge in [0.15, 0.2) is 0 Å². The fourth-order valence-corrected chi connectivity index (χ4v) is 5.03. The number of aliphatic hydroxyl groups is 1. The predicted octanol–water partition coefficient (Wildman–Crippen LogP) is 1.74. The fourth-order valence-electron chi connectivity index (χ4n) is 3.73. The number of ether oxygens (including phenoxy) is 1. The third kappa shape index (κ3) is 5.03. The van der Waals surface area contributed by atoms with Crippen molar-refractivity contribution >= 4 is 10.0 Å². The van der Waals surface area contributed by atoms with Gasteiger partial charge in [0.25, 0.3) is 0 Å². The van der Waals surface area contributed by atoms with Crippen molar-refractivity contribution in [2.75, 3.05) is 6.61 Å². The Bertz CT molecular complexity index is 924. The number of aromatic nitrogens is 3. The molecule has 158 valence electrons. The molecular weight excluding hydrogens is 392 g/mol. The predicted molar refractivity (Wildman–Crippen MR) is 107 cm³/mol. The molecule has 0 spiro atoms. The average molecular weight is 421 g/mol. The second-order valence-corrected chi connectivity index (χ2v) is 9.78. The van der Waals surface area contributed by atoms with Crippen LogP contribution < -0.4 is 4.72 Å². The van der Waals surface area contributed by atoms with Gasteiger partial charge in [-0.2, -0.15) is 0 Å². The quantitative estimate of drug-likeness (QED) is 0.674. The van der Waals surface area contributed by atoms with Crippen LogP contribution in [0.15, 0.2) is 35.4 Å². The lowest BCUT2D eigenvalue weighted by Gasteiger charge is -2.36. The summed E-state index contributed by atoms with van der Waals surface area (Å²) < 4.78 is 35.9. The summed E-state index contributed by atoms with van der Waals surface area (Å²) in [5.74, 6) is 0.579. The first-order valence-electron chi connectivity index (χ1n) is 10.2. The molecule has 2 aliphatic rings. The summed E-state index contributed by atoms with van der Waals surface area (Å²) in [7, 11) is -3.66. The van der Waals surface area contributed by atoms with E-state index in [1.165, 1.54) is 12.8 Å². The van der Waals surface area contributed by atoms with E-state index >= 15 is 0 Å². The smallest absolute Gasteiger partial charge is 0.240 e. The number of nitrogens with one attached hydrogen (secondary N) is 1. The van der Waals surface area contributed by atoms with Crippen molar-refractivity contribution in [2.45, 2.75) is 74.6 Å². The molecular formula is C20H28N4O4S. The molecule has 8 nitrogen and oxygen atoms in total. The Hall–Kier alpha value is -1.81. The lowest BCUT2D eigenvalue weighted by molar-refractivity contribution is -0.0891. The molecule has 0 unspecified atom stereocenters. The van der Waals surface area contributed by atoms with E-state index in [-0.39, 0.29) is 17.6 Å². The number of benzene rings is 1. The van der Waals surface area contributed by atoms with Crippen LogP contribution in [0.1, 0.15) is 49.3 Å². The van der Waals surface area contributed by atoms with E-state index in [1.807, 2.05) is 17.8 Å². The molecule has 2 fully saturated rings. The van der Waals surface area contributed by atoms with Crippen molar-refractivity contribution < 1.29 is 18.3 Å². The highest BCUT2D eigenvalue weighted by Crippen LogP contribution is 2.38. The number of hydrogen-bond donors (Lipinski definition) is 2. The molecule has 1 aromatic carbocycles. The minimum absolute atomic E-state index is 0.0409. The van der Waals surface area contributed by atoms with Gasteiger partial charge >= 0.3 is 0 Å². The van der Waals surface area contributed by atoms with Crippen LogP contribution in [0.5, 0.6) is 0 Å². The Balaban J connectivity index is 1.32. The van der Waals surface area contributed by atoms with Crippen LogP contribution in [-0.4, -0.2) is 53.4 Å². The van der Waals surface area contributed by atoms with E-state index in [4.69, 9.17) is 4.74 Å². The molecule has 0 radical (unpaired) electrons. The van der Waals surface area contributed by atoms with Gasteiger partial charge in [0.05, 0.1) is 35.4 Å². The maximum absolute atomic E-state index is 12.7. The Morgan fingerprint density at radius 2 is 1.97 bits per heavy atom. The standard InChI is InChI=1S/C20H28N4O4S/c1-14-2-7-17(8-3-14)29(26,27)22-18-9-6-16(28-20(18)13-25)10-11-24-12-19(21-23-24)15-4-5-15/h2-3,7-8,12,15-16,18,20,22,25H,4-6,9-11,13H2,1H3/t16-,18-,20-/m0/s1. The molecule has 9 heteroatoms. The third-order valence-corrected chi connectivity index (χ3v) is 7.17. The number of aliphatic hydroxyl groups excluding tert-OH is 1. The molecule has 2 aromatic rings. The maximum Gasteiger partial charge on any atom is 0.240 e. The van der Waals surface area contributed by atoms with Crippen LogP contribution in [-0.2, 0) is 21.3 Å². The van der Waals surface area contributed by atoms with Gasteiger partial charge < -0.3 is 9.84 Å². The van der Waals surface area contributed by atoms with E-state index in [1.54, 1.807) is 24.3 Å². The van der Waals surface area contributed by atoms with Crippen molar-refractivity contribution in [1.82, 2.24) is 19.7 Å². The molecule has 29 heavy (non-hydrogen) atoms. The van der Waals surface area contributed by atoms with E-state index in [9.17, 15) is 13.5 Å². The van der Waals surface area contributed by atoms with Crippen molar-refractivity contribution in [3.05, 3.63) is 41.7 Å². The first-order chi connectivity index (χ1) is 13.9. The summed E-state index contributed by atoms with van der Waals surface area (Å²) in [6.45, 7) is 2.38. The highest BCUT2D eigenvalue weighted by molar-refractivity contribution is 7.89. The molecule has 1 saturated carbocycles. The summed E-state index contributed by atoms with van der Waals surface area (Å²) in [6.07, 6.45) is 5.88. The zero-order valence-electron chi connectivity index (χ0n) is 16.6. The highest BCUT2D eigenvalue weighted by atomic mass is 32.2. The van der Waals surface area contributed by atoms with Crippen molar-refractivity contribution in [3.63, 3.8) is 0 Å². The minimum atomic E-state index is -3.66. The van der Waals surface area contributed by atoms with Crippen molar-refractivity contribution in [2.24, 2.45) is 0 Å². The number of sulfonamides is 1. The molecule has 1 saturated heterocycles. The monoisotopic (exact) mass is 420 g/mol.